The Morgan fingerprint density at radius 2 is 1.83 bits per heavy atom. The molecular formula is C17H16N2O4. The second-order valence-electron chi connectivity index (χ2n) is 4.58. The van der Waals surface area contributed by atoms with E-state index in [0.29, 0.717) is 11.5 Å². The number of hydrogen-bond donors (Lipinski definition) is 0. The van der Waals surface area contributed by atoms with Gasteiger partial charge >= 0.3 is 11.7 Å². The van der Waals surface area contributed by atoms with Gasteiger partial charge in [0.2, 0.25) is 0 Å². The van der Waals surface area contributed by atoms with Crippen LogP contribution in [0, 0.1) is 0 Å². The average Bonchev–Trinajstić information content (AvgIpc) is 2.61. The highest BCUT2D eigenvalue weighted by Gasteiger charge is 2.29. The topological polar surface area (TPSA) is 81.2 Å². The Morgan fingerprint density at radius 3 is 2.43 bits per heavy atom. The summed E-state index contributed by atoms with van der Waals surface area (Å²) in [6.07, 6.45) is 0. The molecule has 0 unspecified atom stereocenters. The maximum Gasteiger partial charge on any atom is 0.422 e. The zero-order chi connectivity index (χ0) is 16.7. The van der Waals surface area contributed by atoms with Gasteiger partial charge in [-0.2, -0.15) is 4.79 Å². The third-order valence-electron chi connectivity index (χ3n) is 3.17. The summed E-state index contributed by atoms with van der Waals surface area (Å²) < 4.78 is 15.5. The lowest BCUT2D eigenvalue weighted by Crippen LogP contribution is -2.20. The summed E-state index contributed by atoms with van der Waals surface area (Å²) in [5.74, 6) is 0.107. The normalized spacial score (nSPS) is 9.65. The Labute approximate surface area is 133 Å². The van der Waals surface area contributed by atoms with Gasteiger partial charge in [0, 0.05) is 0 Å². The molecule has 0 amide bonds. The minimum absolute atomic E-state index is 0.0744. The van der Waals surface area contributed by atoms with Gasteiger partial charge in [-0.05, 0) is 23.8 Å². The first-order chi connectivity index (χ1) is 11.2. The van der Waals surface area contributed by atoms with E-state index in [1.807, 2.05) is 30.3 Å². The molecule has 2 rings (SSSR count). The molecule has 0 saturated heterocycles. The Morgan fingerprint density at radius 1 is 1.09 bits per heavy atom. The number of rotatable bonds is 6. The van der Waals surface area contributed by atoms with Gasteiger partial charge in [-0.15, -0.1) is 0 Å². The highest BCUT2D eigenvalue weighted by molar-refractivity contribution is 6.41. The van der Waals surface area contributed by atoms with Crippen LogP contribution in [0.15, 0.2) is 48.5 Å². The molecule has 6 heteroatoms. The summed E-state index contributed by atoms with van der Waals surface area (Å²) in [6.45, 7) is 0.0744. The van der Waals surface area contributed by atoms with Crippen molar-refractivity contribution in [3.63, 3.8) is 0 Å². The zero-order valence-electron chi connectivity index (χ0n) is 12.9. The highest BCUT2D eigenvalue weighted by Crippen LogP contribution is 2.24. The van der Waals surface area contributed by atoms with Gasteiger partial charge < -0.3 is 19.7 Å². The zero-order valence-corrected chi connectivity index (χ0v) is 12.9. The molecule has 118 valence electrons. The number of hydrogen-bond acceptors (Lipinski definition) is 4. The van der Waals surface area contributed by atoms with Crippen LogP contribution in [0.1, 0.15) is 11.1 Å². The molecule has 0 aromatic heterocycles. The fraction of sp³-hybridized carbons (Fsp3) is 0.176. The number of nitrogens with zero attached hydrogens (tertiary/aromatic N) is 2. The van der Waals surface area contributed by atoms with E-state index in [-0.39, 0.29) is 17.9 Å². The number of ether oxygens (including phenoxy) is 3. The summed E-state index contributed by atoms with van der Waals surface area (Å²) >= 11 is 0. The average molecular weight is 312 g/mol. The summed E-state index contributed by atoms with van der Waals surface area (Å²) in [4.78, 5) is 15.3. The highest BCUT2D eigenvalue weighted by atomic mass is 16.5. The number of benzene rings is 2. The van der Waals surface area contributed by atoms with Crippen LogP contribution < -0.4 is 9.47 Å². The van der Waals surface area contributed by atoms with Crippen LogP contribution in [0.25, 0.3) is 5.53 Å². The lowest BCUT2D eigenvalue weighted by atomic mass is 10.1. The summed E-state index contributed by atoms with van der Waals surface area (Å²) in [6, 6.07) is 14.0. The minimum Gasteiger partial charge on any atom is -0.497 e. The Hall–Kier alpha value is -3.11. The molecule has 0 heterocycles. The lowest BCUT2D eigenvalue weighted by Gasteiger charge is -2.07. The van der Waals surface area contributed by atoms with E-state index < -0.39 is 5.97 Å². The van der Waals surface area contributed by atoms with Crippen molar-refractivity contribution in [1.82, 2.24) is 0 Å². The van der Waals surface area contributed by atoms with Gasteiger partial charge in [0.1, 0.15) is 23.7 Å². The monoisotopic (exact) mass is 312 g/mol. The first kappa shape index (κ1) is 16.3. The van der Waals surface area contributed by atoms with Crippen LogP contribution >= 0.6 is 0 Å². The quantitative estimate of drug-likeness (QED) is 0.355. The molecular weight excluding hydrogens is 296 g/mol. The van der Waals surface area contributed by atoms with Crippen molar-refractivity contribution in [3.8, 4) is 11.5 Å². The molecule has 0 radical (unpaired) electrons. The fourth-order valence-corrected chi connectivity index (χ4v) is 2.00. The van der Waals surface area contributed by atoms with E-state index in [1.165, 1.54) is 20.3 Å². The van der Waals surface area contributed by atoms with E-state index in [1.54, 1.807) is 12.1 Å². The van der Waals surface area contributed by atoms with Gasteiger partial charge in [0.25, 0.3) is 0 Å². The fourth-order valence-electron chi connectivity index (χ4n) is 2.00. The molecule has 0 aliphatic heterocycles. The Kier molecular flexibility index (Phi) is 5.50. The van der Waals surface area contributed by atoms with Crippen LogP contribution in [-0.2, 0) is 16.1 Å². The molecule has 0 aliphatic rings. The number of carbonyl (C=O) groups excluding carboxylic acids is 1. The molecule has 0 bridgehead atoms. The molecule has 0 saturated carbocycles. The van der Waals surface area contributed by atoms with Crippen molar-refractivity contribution in [1.29, 1.82) is 0 Å². The molecule has 0 fully saturated rings. The third-order valence-corrected chi connectivity index (χ3v) is 3.17. The smallest absolute Gasteiger partial charge is 0.422 e. The van der Waals surface area contributed by atoms with E-state index in [0.717, 1.165) is 5.56 Å². The number of carbonyl (C=O) groups is 1. The Balaban J connectivity index is 2.22. The predicted molar refractivity (Wildman–Crippen MR) is 83.5 cm³/mol. The van der Waals surface area contributed by atoms with Crippen molar-refractivity contribution in [3.05, 3.63) is 65.2 Å². The number of methoxy groups -OCH3 is 2. The number of esters is 1. The molecule has 23 heavy (non-hydrogen) atoms. The third kappa shape index (κ3) is 3.96. The van der Waals surface area contributed by atoms with Gasteiger partial charge in [0.05, 0.1) is 14.2 Å². The molecule has 2 aromatic carbocycles. The maximum atomic E-state index is 12.2. The first-order valence-electron chi connectivity index (χ1n) is 6.85. The SMILES string of the molecule is COc1ccc(OC)c(C(=[N+]=[N-])C(=O)OCc2ccccc2)c1. The van der Waals surface area contributed by atoms with E-state index in [4.69, 9.17) is 14.2 Å². The van der Waals surface area contributed by atoms with E-state index in [2.05, 4.69) is 4.79 Å². The Bertz CT molecular complexity index is 738. The molecule has 6 nitrogen and oxygen atoms in total. The van der Waals surface area contributed by atoms with Gasteiger partial charge in [-0.3, -0.25) is 0 Å². The second-order valence-corrected chi connectivity index (χ2v) is 4.58. The standard InChI is InChI=1S/C17H16N2O4/c1-21-13-8-9-15(22-2)14(10-13)16(19-18)17(20)23-11-12-6-4-3-5-7-12/h3-10H,11H2,1-2H3. The van der Waals surface area contributed by atoms with Crippen molar-refractivity contribution < 1.29 is 23.8 Å². The maximum absolute atomic E-state index is 12.2. The van der Waals surface area contributed by atoms with Crippen LogP contribution in [0.2, 0.25) is 0 Å². The van der Waals surface area contributed by atoms with Crippen LogP contribution in [0.3, 0.4) is 0 Å². The summed E-state index contributed by atoms with van der Waals surface area (Å²) in [7, 11) is 2.95. The van der Waals surface area contributed by atoms with Crippen molar-refractivity contribution in [2.24, 2.45) is 0 Å². The predicted octanol–water partition coefficient (Wildman–Crippen LogP) is 2.47. The summed E-state index contributed by atoms with van der Waals surface area (Å²) in [5, 5.41) is 0. The van der Waals surface area contributed by atoms with Crippen LogP contribution in [-0.4, -0.2) is 30.7 Å². The molecule has 0 atom stereocenters. The first-order valence-corrected chi connectivity index (χ1v) is 6.85. The minimum atomic E-state index is -0.761. The molecule has 0 aliphatic carbocycles. The van der Waals surface area contributed by atoms with Crippen LogP contribution in [0.4, 0.5) is 0 Å². The van der Waals surface area contributed by atoms with E-state index >= 15 is 0 Å². The van der Waals surface area contributed by atoms with Gasteiger partial charge in [-0.1, -0.05) is 30.3 Å². The largest absolute Gasteiger partial charge is 0.497 e. The van der Waals surface area contributed by atoms with Crippen molar-refractivity contribution >= 4 is 11.7 Å². The van der Waals surface area contributed by atoms with Gasteiger partial charge in [0.15, 0.2) is 0 Å². The molecule has 0 N–H and O–H groups in total. The van der Waals surface area contributed by atoms with Crippen molar-refractivity contribution in [2.75, 3.05) is 14.2 Å². The summed E-state index contributed by atoms with van der Waals surface area (Å²) in [5.41, 5.74) is 10.1. The van der Waals surface area contributed by atoms with E-state index in [9.17, 15) is 10.3 Å². The van der Waals surface area contributed by atoms with Gasteiger partial charge in [-0.25, -0.2) is 4.79 Å². The van der Waals surface area contributed by atoms with Crippen molar-refractivity contribution in [2.45, 2.75) is 6.61 Å². The lowest BCUT2D eigenvalue weighted by molar-refractivity contribution is -0.141. The molecule has 0 spiro atoms. The molecule has 2 aromatic rings. The van der Waals surface area contributed by atoms with Crippen LogP contribution in [0.5, 0.6) is 11.5 Å². The second kappa shape index (κ2) is 7.77.